The minimum absolute atomic E-state index is 0.0162. The maximum absolute atomic E-state index is 8.60. The highest BCUT2D eigenvalue weighted by atomic mass is 16.5. The van der Waals surface area contributed by atoms with Crippen molar-refractivity contribution >= 4 is 0 Å². The molecule has 2 nitrogen and oxygen atoms in total. The minimum Gasteiger partial charge on any atom is -0.489 e. The Morgan fingerprint density at radius 2 is 1.93 bits per heavy atom. The zero-order valence-corrected chi connectivity index (χ0v) is 9.36. The van der Waals surface area contributed by atoms with Gasteiger partial charge in [-0.05, 0) is 30.5 Å². The fraction of sp³-hybridized carbons (Fsp3) is 0.462. The fourth-order valence-electron chi connectivity index (χ4n) is 1.37. The zero-order chi connectivity index (χ0) is 11.1. The number of aryl methyl sites for hydroxylation is 1. The quantitative estimate of drug-likeness (QED) is 0.735. The van der Waals surface area contributed by atoms with Crippen LogP contribution >= 0.6 is 0 Å². The Morgan fingerprint density at radius 3 is 2.40 bits per heavy atom. The second-order valence-electron chi connectivity index (χ2n) is 3.51. The van der Waals surface area contributed by atoms with Crippen molar-refractivity contribution in [2.45, 2.75) is 39.2 Å². The van der Waals surface area contributed by atoms with Crippen molar-refractivity contribution in [3.8, 4) is 11.8 Å². The van der Waals surface area contributed by atoms with Gasteiger partial charge in [-0.15, -0.1) is 0 Å². The highest BCUT2D eigenvalue weighted by Gasteiger charge is 2.06. The Hall–Kier alpha value is -1.49. The average Bonchev–Trinajstić information content (AvgIpc) is 2.29. The molecule has 0 saturated carbocycles. The topological polar surface area (TPSA) is 33.0 Å². The van der Waals surface area contributed by atoms with E-state index < -0.39 is 0 Å². The van der Waals surface area contributed by atoms with E-state index >= 15 is 0 Å². The smallest absolute Gasteiger partial charge is 0.119 e. The third kappa shape index (κ3) is 3.63. The molecule has 1 aromatic rings. The lowest BCUT2D eigenvalue weighted by Gasteiger charge is -2.14. The van der Waals surface area contributed by atoms with Gasteiger partial charge in [0, 0.05) is 0 Å². The molecule has 0 N–H and O–H groups in total. The third-order valence-corrected chi connectivity index (χ3v) is 2.41. The number of hydrogen-bond donors (Lipinski definition) is 0. The van der Waals surface area contributed by atoms with E-state index in [0.717, 1.165) is 18.6 Å². The molecule has 0 aliphatic rings. The van der Waals surface area contributed by atoms with Crippen LogP contribution in [0.1, 0.15) is 32.3 Å². The summed E-state index contributed by atoms with van der Waals surface area (Å²) in [6.07, 6.45) is 2.37. The lowest BCUT2D eigenvalue weighted by molar-refractivity contribution is 0.202. The maximum Gasteiger partial charge on any atom is 0.119 e. The van der Waals surface area contributed by atoms with Gasteiger partial charge in [-0.1, -0.05) is 26.0 Å². The third-order valence-electron chi connectivity index (χ3n) is 2.41. The van der Waals surface area contributed by atoms with Gasteiger partial charge in [0.2, 0.25) is 0 Å². The Bertz CT molecular complexity index is 323. The van der Waals surface area contributed by atoms with Gasteiger partial charge < -0.3 is 4.74 Å². The van der Waals surface area contributed by atoms with E-state index in [1.807, 2.05) is 19.1 Å². The zero-order valence-electron chi connectivity index (χ0n) is 9.36. The number of nitriles is 1. The van der Waals surface area contributed by atoms with Gasteiger partial charge >= 0.3 is 0 Å². The predicted octanol–water partition coefficient (Wildman–Crippen LogP) is 3.32. The van der Waals surface area contributed by atoms with Crippen LogP contribution in [0.15, 0.2) is 24.3 Å². The Morgan fingerprint density at radius 1 is 1.27 bits per heavy atom. The van der Waals surface area contributed by atoms with Gasteiger partial charge in [-0.2, -0.15) is 5.26 Å². The highest BCUT2D eigenvalue weighted by molar-refractivity contribution is 5.27. The molecule has 1 unspecified atom stereocenters. The summed E-state index contributed by atoms with van der Waals surface area (Å²) in [5.41, 5.74) is 1.30. The van der Waals surface area contributed by atoms with Crippen LogP contribution in [0.25, 0.3) is 0 Å². The predicted molar refractivity (Wildman–Crippen MR) is 60.8 cm³/mol. The Balaban J connectivity index is 2.59. The lowest BCUT2D eigenvalue weighted by atomic mass is 10.1. The summed E-state index contributed by atoms with van der Waals surface area (Å²) in [4.78, 5) is 0. The van der Waals surface area contributed by atoms with Crippen LogP contribution in [0.5, 0.6) is 5.75 Å². The first-order chi connectivity index (χ1) is 7.30. The maximum atomic E-state index is 8.60. The molecule has 15 heavy (non-hydrogen) atoms. The first-order valence-electron chi connectivity index (χ1n) is 5.42. The monoisotopic (exact) mass is 203 g/mol. The SMILES string of the molecule is CCc1ccc(OC(CC)CC#N)cc1. The first kappa shape index (κ1) is 11.6. The molecule has 80 valence electrons. The molecule has 0 radical (unpaired) electrons. The molecule has 1 rings (SSSR count). The number of ether oxygens (including phenoxy) is 1. The molecular formula is C13H17NO. The molecule has 0 heterocycles. The minimum atomic E-state index is 0.0162. The standard InChI is InChI=1S/C13H17NO/c1-3-11-5-7-13(8-6-11)15-12(4-2)9-10-14/h5-8,12H,3-4,9H2,1-2H3. The Kier molecular flexibility index (Phi) is 4.70. The number of benzene rings is 1. The van der Waals surface area contributed by atoms with Crippen LogP contribution in [-0.4, -0.2) is 6.10 Å². The summed E-state index contributed by atoms with van der Waals surface area (Å²) in [5, 5.41) is 8.60. The van der Waals surface area contributed by atoms with Crippen LogP contribution in [0, 0.1) is 11.3 Å². The van der Waals surface area contributed by atoms with Crippen LogP contribution < -0.4 is 4.74 Å². The van der Waals surface area contributed by atoms with E-state index in [0.29, 0.717) is 6.42 Å². The van der Waals surface area contributed by atoms with Gasteiger partial charge in [-0.25, -0.2) is 0 Å². The molecule has 0 amide bonds. The molecule has 0 bridgehead atoms. The van der Waals surface area contributed by atoms with Crippen molar-refractivity contribution in [2.24, 2.45) is 0 Å². The molecule has 0 aromatic heterocycles. The van der Waals surface area contributed by atoms with Gasteiger partial charge in [0.25, 0.3) is 0 Å². The van der Waals surface area contributed by atoms with Crippen LogP contribution in [0.4, 0.5) is 0 Å². The molecule has 2 heteroatoms. The van der Waals surface area contributed by atoms with Gasteiger partial charge in [0.1, 0.15) is 11.9 Å². The van der Waals surface area contributed by atoms with E-state index in [2.05, 4.69) is 25.1 Å². The van der Waals surface area contributed by atoms with Crippen LogP contribution in [-0.2, 0) is 6.42 Å². The summed E-state index contributed by atoms with van der Waals surface area (Å²) in [6, 6.07) is 10.2. The molecule has 0 aliphatic carbocycles. The van der Waals surface area contributed by atoms with E-state index in [9.17, 15) is 0 Å². The summed E-state index contributed by atoms with van der Waals surface area (Å²) in [5.74, 6) is 0.856. The van der Waals surface area contributed by atoms with Gasteiger partial charge in [-0.3, -0.25) is 0 Å². The van der Waals surface area contributed by atoms with Crippen LogP contribution in [0.2, 0.25) is 0 Å². The summed E-state index contributed by atoms with van der Waals surface area (Å²) >= 11 is 0. The fourth-order valence-corrected chi connectivity index (χ4v) is 1.37. The lowest BCUT2D eigenvalue weighted by Crippen LogP contribution is -2.14. The van der Waals surface area contributed by atoms with E-state index in [1.165, 1.54) is 5.56 Å². The van der Waals surface area contributed by atoms with E-state index in [-0.39, 0.29) is 6.10 Å². The van der Waals surface area contributed by atoms with Gasteiger partial charge in [0.15, 0.2) is 0 Å². The summed E-state index contributed by atoms with van der Waals surface area (Å²) in [6.45, 7) is 4.16. The van der Waals surface area contributed by atoms with Crippen molar-refractivity contribution in [1.29, 1.82) is 5.26 Å². The molecule has 0 saturated heterocycles. The van der Waals surface area contributed by atoms with E-state index in [1.54, 1.807) is 0 Å². The largest absolute Gasteiger partial charge is 0.489 e. The van der Waals surface area contributed by atoms with Crippen molar-refractivity contribution in [3.63, 3.8) is 0 Å². The summed E-state index contributed by atoms with van der Waals surface area (Å²) in [7, 11) is 0. The van der Waals surface area contributed by atoms with Crippen molar-refractivity contribution in [3.05, 3.63) is 29.8 Å². The molecular weight excluding hydrogens is 186 g/mol. The highest BCUT2D eigenvalue weighted by Crippen LogP contribution is 2.16. The van der Waals surface area contributed by atoms with Crippen molar-refractivity contribution in [1.82, 2.24) is 0 Å². The average molecular weight is 203 g/mol. The number of nitrogens with zero attached hydrogens (tertiary/aromatic N) is 1. The second kappa shape index (κ2) is 6.08. The number of hydrogen-bond acceptors (Lipinski definition) is 2. The molecule has 1 aromatic carbocycles. The number of rotatable bonds is 5. The molecule has 1 atom stereocenters. The molecule has 0 fully saturated rings. The molecule has 0 aliphatic heterocycles. The van der Waals surface area contributed by atoms with E-state index in [4.69, 9.17) is 10.00 Å². The van der Waals surface area contributed by atoms with Crippen molar-refractivity contribution < 1.29 is 4.74 Å². The first-order valence-corrected chi connectivity index (χ1v) is 5.42. The second-order valence-corrected chi connectivity index (χ2v) is 3.51. The van der Waals surface area contributed by atoms with Gasteiger partial charge in [0.05, 0.1) is 12.5 Å². The molecule has 0 spiro atoms. The van der Waals surface area contributed by atoms with Crippen LogP contribution in [0.3, 0.4) is 0 Å². The summed E-state index contributed by atoms with van der Waals surface area (Å²) < 4.78 is 5.68. The Labute approximate surface area is 91.5 Å². The normalized spacial score (nSPS) is 11.8. The van der Waals surface area contributed by atoms with Crippen molar-refractivity contribution in [2.75, 3.05) is 0 Å².